The van der Waals surface area contributed by atoms with Crippen LogP contribution in [0.2, 0.25) is 0 Å². The minimum Gasteiger partial charge on any atom is -0.354 e. The van der Waals surface area contributed by atoms with Crippen LogP contribution in [0.15, 0.2) is 30.3 Å². The molecule has 0 aromatic heterocycles. The van der Waals surface area contributed by atoms with Crippen LogP contribution in [0, 0.1) is 0 Å². The molecule has 1 saturated heterocycles. The fourth-order valence-electron chi connectivity index (χ4n) is 2.96. The standard InChI is InChI=1S/C16H24N2O/c1-12(18-14-9-15(19)17-11-14)10-16(2,3)13-7-5-4-6-8-13/h4-8,12,14,18H,9-11H2,1-3H3,(H,17,19). The van der Waals surface area contributed by atoms with Gasteiger partial charge in [-0.05, 0) is 24.3 Å². The topological polar surface area (TPSA) is 41.1 Å². The van der Waals surface area contributed by atoms with E-state index in [1.165, 1.54) is 5.56 Å². The molecule has 3 heteroatoms. The Balaban J connectivity index is 1.90. The fourth-order valence-corrected chi connectivity index (χ4v) is 2.96. The van der Waals surface area contributed by atoms with Crippen LogP contribution in [0.25, 0.3) is 0 Å². The van der Waals surface area contributed by atoms with Crippen molar-refractivity contribution in [3.8, 4) is 0 Å². The molecule has 2 rings (SSSR count). The summed E-state index contributed by atoms with van der Waals surface area (Å²) < 4.78 is 0. The Kier molecular flexibility index (Phi) is 4.25. The molecule has 1 aliphatic rings. The maximum atomic E-state index is 11.2. The number of hydrogen-bond acceptors (Lipinski definition) is 2. The van der Waals surface area contributed by atoms with Gasteiger partial charge in [0.25, 0.3) is 0 Å². The summed E-state index contributed by atoms with van der Waals surface area (Å²) in [5.74, 6) is 0.159. The zero-order valence-electron chi connectivity index (χ0n) is 12.1. The van der Waals surface area contributed by atoms with E-state index in [-0.39, 0.29) is 17.4 Å². The summed E-state index contributed by atoms with van der Waals surface area (Å²) in [6, 6.07) is 11.3. The molecule has 19 heavy (non-hydrogen) atoms. The fraction of sp³-hybridized carbons (Fsp3) is 0.562. The predicted molar refractivity (Wildman–Crippen MR) is 78.1 cm³/mol. The third kappa shape index (κ3) is 3.80. The van der Waals surface area contributed by atoms with Crippen molar-refractivity contribution in [2.75, 3.05) is 6.54 Å². The molecule has 2 N–H and O–H groups in total. The molecule has 0 spiro atoms. The summed E-state index contributed by atoms with van der Waals surface area (Å²) >= 11 is 0. The number of benzene rings is 1. The average molecular weight is 260 g/mol. The monoisotopic (exact) mass is 260 g/mol. The summed E-state index contributed by atoms with van der Waals surface area (Å²) in [7, 11) is 0. The van der Waals surface area contributed by atoms with E-state index in [0.29, 0.717) is 12.5 Å². The zero-order chi connectivity index (χ0) is 13.9. The Labute approximate surface area is 115 Å². The van der Waals surface area contributed by atoms with E-state index in [9.17, 15) is 4.79 Å². The Morgan fingerprint density at radius 2 is 2.05 bits per heavy atom. The minimum atomic E-state index is 0.143. The van der Waals surface area contributed by atoms with Gasteiger partial charge in [-0.15, -0.1) is 0 Å². The molecular weight excluding hydrogens is 236 g/mol. The van der Waals surface area contributed by atoms with E-state index in [0.717, 1.165) is 13.0 Å². The predicted octanol–water partition coefficient (Wildman–Crippen LogP) is 2.22. The van der Waals surface area contributed by atoms with Crippen LogP contribution in [0.5, 0.6) is 0 Å². The Hall–Kier alpha value is -1.35. The first kappa shape index (κ1) is 14.1. The van der Waals surface area contributed by atoms with Crippen molar-refractivity contribution in [1.82, 2.24) is 10.6 Å². The van der Waals surface area contributed by atoms with Gasteiger partial charge in [0.1, 0.15) is 0 Å². The molecule has 2 unspecified atom stereocenters. The third-order valence-corrected chi connectivity index (χ3v) is 3.87. The molecule has 0 radical (unpaired) electrons. The zero-order valence-corrected chi connectivity index (χ0v) is 12.1. The first-order valence-corrected chi connectivity index (χ1v) is 7.05. The van der Waals surface area contributed by atoms with Crippen molar-refractivity contribution >= 4 is 5.91 Å². The lowest BCUT2D eigenvalue weighted by atomic mass is 9.79. The molecule has 2 atom stereocenters. The summed E-state index contributed by atoms with van der Waals surface area (Å²) in [6.45, 7) is 7.51. The van der Waals surface area contributed by atoms with Crippen molar-refractivity contribution in [3.63, 3.8) is 0 Å². The SMILES string of the molecule is CC(CC(C)(C)c1ccccc1)NC1CNC(=O)C1. The van der Waals surface area contributed by atoms with Crippen LogP contribution < -0.4 is 10.6 Å². The normalized spacial score (nSPS) is 21.2. The van der Waals surface area contributed by atoms with Gasteiger partial charge in [0.05, 0.1) is 0 Å². The van der Waals surface area contributed by atoms with Gasteiger partial charge in [-0.25, -0.2) is 0 Å². The van der Waals surface area contributed by atoms with Crippen LogP contribution in [0.3, 0.4) is 0 Å². The van der Waals surface area contributed by atoms with Gasteiger partial charge in [-0.1, -0.05) is 44.2 Å². The second-order valence-corrected chi connectivity index (χ2v) is 6.23. The van der Waals surface area contributed by atoms with E-state index in [1.807, 2.05) is 0 Å². The summed E-state index contributed by atoms with van der Waals surface area (Å²) in [4.78, 5) is 11.2. The van der Waals surface area contributed by atoms with Gasteiger partial charge in [0.15, 0.2) is 0 Å². The van der Waals surface area contributed by atoms with Crippen molar-refractivity contribution in [3.05, 3.63) is 35.9 Å². The van der Waals surface area contributed by atoms with Crippen molar-refractivity contribution < 1.29 is 4.79 Å². The van der Waals surface area contributed by atoms with Crippen LogP contribution >= 0.6 is 0 Å². The van der Waals surface area contributed by atoms with Gasteiger partial charge in [0, 0.05) is 25.0 Å². The quantitative estimate of drug-likeness (QED) is 0.852. The Morgan fingerprint density at radius 3 is 2.63 bits per heavy atom. The molecule has 0 bridgehead atoms. The molecule has 1 aromatic carbocycles. The average Bonchev–Trinajstić information content (AvgIpc) is 2.75. The molecule has 3 nitrogen and oxygen atoms in total. The van der Waals surface area contributed by atoms with E-state index in [4.69, 9.17) is 0 Å². The van der Waals surface area contributed by atoms with Crippen molar-refractivity contribution in [2.24, 2.45) is 0 Å². The Morgan fingerprint density at radius 1 is 1.37 bits per heavy atom. The van der Waals surface area contributed by atoms with Crippen molar-refractivity contribution in [1.29, 1.82) is 0 Å². The number of carbonyl (C=O) groups is 1. The molecule has 1 amide bonds. The van der Waals surface area contributed by atoms with Gasteiger partial charge in [-0.2, -0.15) is 0 Å². The smallest absolute Gasteiger partial charge is 0.221 e. The second-order valence-electron chi connectivity index (χ2n) is 6.23. The summed E-state index contributed by atoms with van der Waals surface area (Å²) in [6.07, 6.45) is 1.66. The maximum Gasteiger partial charge on any atom is 0.221 e. The van der Waals surface area contributed by atoms with Gasteiger partial charge in [0.2, 0.25) is 5.91 Å². The van der Waals surface area contributed by atoms with Gasteiger partial charge < -0.3 is 10.6 Å². The van der Waals surface area contributed by atoms with E-state index < -0.39 is 0 Å². The third-order valence-electron chi connectivity index (χ3n) is 3.87. The molecule has 1 aromatic rings. The lowest BCUT2D eigenvalue weighted by molar-refractivity contribution is -0.119. The van der Waals surface area contributed by atoms with E-state index in [1.54, 1.807) is 0 Å². The molecular formula is C16H24N2O. The second kappa shape index (κ2) is 5.74. The van der Waals surface area contributed by atoms with E-state index >= 15 is 0 Å². The molecule has 0 aliphatic carbocycles. The highest BCUT2D eigenvalue weighted by Gasteiger charge is 2.27. The number of nitrogens with one attached hydrogen (secondary N) is 2. The van der Waals surface area contributed by atoms with Gasteiger partial charge in [-0.3, -0.25) is 4.79 Å². The van der Waals surface area contributed by atoms with Crippen LogP contribution in [-0.2, 0) is 10.2 Å². The van der Waals surface area contributed by atoms with E-state index in [2.05, 4.69) is 61.7 Å². The largest absolute Gasteiger partial charge is 0.354 e. The lowest BCUT2D eigenvalue weighted by Gasteiger charge is -2.30. The first-order valence-electron chi connectivity index (χ1n) is 7.05. The Bertz CT molecular complexity index is 428. The lowest BCUT2D eigenvalue weighted by Crippen LogP contribution is -2.41. The molecule has 1 fully saturated rings. The van der Waals surface area contributed by atoms with Crippen molar-refractivity contribution in [2.45, 2.75) is 51.1 Å². The van der Waals surface area contributed by atoms with Gasteiger partial charge >= 0.3 is 0 Å². The molecule has 0 saturated carbocycles. The summed E-state index contributed by atoms with van der Waals surface area (Å²) in [5, 5.41) is 6.42. The highest BCUT2D eigenvalue weighted by atomic mass is 16.1. The molecule has 1 heterocycles. The number of carbonyl (C=O) groups excluding carboxylic acids is 1. The highest BCUT2D eigenvalue weighted by molar-refractivity contribution is 5.78. The maximum absolute atomic E-state index is 11.2. The number of hydrogen-bond donors (Lipinski definition) is 2. The first-order chi connectivity index (χ1) is 8.97. The van der Waals surface area contributed by atoms with Crippen LogP contribution in [0.1, 0.15) is 39.2 Å². The summed E-state index contributed by atoms with van der Waals surface area (Å²) in [5.41, 5.74) is 1.51. The number of rotatable bonds is 5. The van der Waals surface area contributed by atoms with Crippen LogP contribution in [0.4, 0.5) is 0 Å². The molecule has 1 aliphatic heterocycles. The van der Waals surface area contributed by atoms with Crippen LogP contribution in [-0.4, -0.2) is 24.5 Å². The highest BCUT2D eigenvalue weighted by Crippen LogP contribution is 2.28. The minimum absolute atomic E-state index is 0.143. The number of amides is 1. The molecule has 104 valence electrons.